The van der Waals surface area contributed by atoms with Crippen LogP contribution in [-0.2, 0) is 11.3 Å². The third kappa shape index (κ3) is 4.51. The number of thiocarbonyl (C=S) groups is 1. The van der Waals surface area contributed by atoms with E-state index in [1.54, 1.807) is 0 Å². The van der Waals surface area contributed by atoms with Gasteiger partial charge in [0.1, 0.15) is 4.99 Å². The van der Waals surface area contributed by atoms with Crippen LogP contribution in [0.3, 0.4) is 0 Å². The van der Waals surface area contributed by atoms with Crippen molar-refractivity contribution in [3.05, 3.63) is 35.4 Å². The first-order chi connectivity index (χ1) is 10.0. The fourth-order valence-corrected chi connectivity index (χ4v) is 2.66. The summed E-state index contributed by atoms with van der Waals surface area (Å²) in [6, 6.07) is 8.35. The van der Waals surface area contributed by atoms with Crippen LogP contribution in [0.15, 0.2) is 24.3 Å². The van der Waals surface area contributed by atoms with E-state index in [2.05, 4.69) is 0 Å². The van der Waals surface area contributed by atoms with E-state index in [1.807, 2.05) is 48.0 Å². The van der Waals surface area contributed by atoms with Gasteiger partial charge in [0.2, 0.25) is 5.91 Å². The van der Waals surface area contributed by atoms with Crippen LogP contribution in [0, 0.1) is 0 Å². The van der Waals surface area contributed by atoms with Crippen molar-refractivity contribution in [2.45, 2.75) is 32.4 Å². The lowest BCUT2D eigenvalue weighted by molar-refractivity contribution is -0.132. The Balaban J connectivity index is 1.91. The largest absolute Gasteiger partial charge is 0.389 e. The van der Waals surface area contributed by atoms with Gasteiger partial charge >= 0.3 is 0 Å². The van der Waals surface area contributed by atoms with Gasteiger partial charge in [0.15, 0.2) is 0 Å². The quantitative estimate of drug-likeness (QED) is 0.780. The van der Waals surface area contributed by atoms with Crippen LogP contribution in [0.2, 0.25) is 0 Å². The molecular formula is C16H23N3OS. The van der Waals surface area contributed by atoms with Gasteiger partial charge in [-0.25, -0.2) is 0 Å². The van der Waals surface area contributed by atoms with Gasteiger partial charge in [-0.2, -0.15) is 0 Å². The molecule has 1 aromatic rings. The number of nitrogens with two attached hydrogens (primary N) is 1. The monoisotopic (exact) mass is 305 g/mol. The maximum absolute atomic E-state index is 12.3. The van der Waals surface area contributed by atoms with E-state index in [0.29, 0.717) is 24.1 Å². The molecule has 0 unspecified atom stereocenters. The van der Waals surface area contributed by atoms with Crippen LogP contribution in [0.4, 0.5) is 0 Å². The van der Waals surface area contributed by atoms with Gasteiger partial charge in [0, 0.05) is 24.7 Å². The molecule has 0 atom stereocenters. The number of likely N-dealkylation sites (N-methyl/N-ethyl adjacent to an activating group) is 2. The zero-order chi connectivity index (χ0) is 15.4. The van der Waals surface area contributed by atoms with E-state index in [0.717, 1.165) is 30.5 Å². The van der Waals surface area contributed by atoms with Gasteiger partial charge in [-0.05, 0) is 38.4 Å². The van der Waals surface area contributed by atoms with E-state index in [9.17, 15) is 4.79 Å². The Morgan fingerprint density at radius 1 is 1.43 bits per heavy atom. The number of carbonyl (C=O) groups is 1. The third-order valence-electron chi connectivity index (χ3n) is 3.72. The number of rotatable bonds is 7. The molecule has 0 saturated heterocycles. The van der Waals surface area contributed by atoms with Crippen molar-refractivity contribution in [1.29, 1.82) is 0 Å². The fraction of sp³-hybridized carbons (Fsp3) is 0.500. The minimum absolute atomic E-state index is 0.216. The number of hydrogen-bond acceptors (Lipinski definition) is 3. The van der Waals surface area contributed by atoms with Crippen molar-refractivity contribution < 1.29 is 4.79 Å². The summed E-state index contributed by atoms with van der Waals surface area (Å²) in [6.07, 6.45) is 2.30. The Morgan fingerprint density at radius 2 is 2.14 bits per heavy atom. The predicted molar refractivity (Wildman–Crippen MR) is 89.1 cm³/mol. The Bertz CT molecular complexity index is 528. The second-order valence-corrected chi connectivity index (χ2v) is 6.09. The summed E-state index contributed by atoms with van der Waals surface area (Å²) in [4.78, 5) is 16.7. The number of nitrogens with zero attached hydrogens (tertiary/aromatic N) is 2. The van der Waals surface area contributed by atoms with Crippen LogP contribution < -0.4 is 5.73 Å². The summed E-state index contributed by atoms with van der Waals surface area (Å²) >= 11 is 4.99. The van der Waals surface area contributed by atoms with Gasteiger partial charge in [0.05, 0.1) is 6.54 Å². The van der Waals surface area contributed by atoms with Crippen molar-refractivity contribution >= 4 is 23.1 Å². The molecule has 21 heavy (non-hydrogen) atoms. The zero-order valence-electron chi connectivity index (χ0n) is 12.7. The molecule has 1 fully saturated rings. The van der Waals surface area contributed by atoms with Crippen molar-refractivity contribution in [1.82, 2.24) is 9.80 Å². The summed E-state index contributed by atoms with van der Waals surface area (Å²) in [5.41, 5.74) is 7.64. The minimum Gasteiger partial charge on any atom is -0.389 e. The Kier molecular flexibility index (Phi) is 5.31. The van der Waals surface area contributed by atoms with Crippen LogP contribution >= 0.6 is 12.2 Å². The highest BCUT2D eigenvalue weighted by Gasteiger charge is 2.31. The summed E-state index contributed by atoms with van der Waals surface area (Å²) < 4.78 is 0. The fourth-order valence-electron chi connectivity index (χ4n) is 2.54. The second-order valence-electron chi connectivity index (χ2n) is 5.65. The highest BCUT2D eigenvalue weighted by Crippen LogP contribution is 2.26. The van der Waals surface area contributed by atoms with E-state index < -0.39 is 0 Å². The van der Waals surface area contributed by atoms with Crippen molar-refractivity contribution in [3.63, 3.8) is 0 Å². The molecule has 2 N–H and O–H groups in total. The van der Waals surface area contributed by atoms with E-state index in [-0.39, 0.29) is 5.91 Å². The third-order valence-corrected chi connectivity index (χ3v) is 3.95. The van der Waals surface area contributed by atoms with Crippen LogP contribution in [0.1, 0.15) is 30.9 Å². The molecule has 114 valence electrons. The summed E-state index contributed by atoms with van der Waals surface area (Å²) in [5.74, 6) is 0.216. The van der Waals surface area contributed by atoms with Crippen molar-refractivity contribution in [3.8, 4) is 0 Å². The highest BCUT2D eigenvalue weighted by atomic mass is 32.1. The second kappa shape index (κ2) is 7.00. The van der Waals surface area contributed by atoms with E-state index in [1.165, 1.54) is 0 Å². The lowest BCUT2D eigenvalue weighted by atomic mass is 10.1. The van der Waals surface area contributed by atoms with Gasteiger partial charge in [-0.3, -0.25) is 9.69 Å². The molecule has 1 aliphatic carbocycles. The summed E-state index contributed by atoms with van der Waals surface area (Å²) in [7, 11) is 1.96. The summed E-state index contributed by atoms with van der Waals surface area (Å²) in [6.45, 7) is 4.00. The van der Waals surface area contributed by atoms with E-state index >= 15 is 0 Å². The molecule has 0 heterocycles. The van der Waals surface area contributed by atoms with Crippen LogP contribution in [0.25, 0.3) is 0 Å². The van der Waals surface area contributed by atoms with Gasteiger partial charge in [0.25, 0.3) is 0 Å². The molecule has 0 spiro atoms. The average Bonchev–Trinajstić information content (AvgIpc) is 3.24. The van der Waals surface area contributed by atoms with Crippen molar-refractivity contribution in [2.75, 3.05) is 20.1 Å². The molecule has 4 nitrogen and oxygen atoms in total. The lowest BCUT2D eigenvalue weighted by Crippen LogP contribution is -2.40. The standard InChI is InChI=1S/C16H23N3OS/c1-3-19(14-7-8-14)15(20)11-18(2)10-12-5-4-6-13(9-12)16(17)21/h4-6,9,14H,3,7-8,10-11H2,1-2H3,(H2,17,21). The molecule has 1 saturated carbocycles. The topological polar surface area (TPSA) is 49.6 Å². The average molecular weight is 305 g/mol. The Hall–Kier alpha value is -1.46. The maximum atomic E-state index is 12.3. The SMILES string of the molecule is CCN(C(=O)CN(C)Cc1cccc(C(N)=S)c1)C1CC1. The number of benzene rings is 1. The maximum Gasteiger partial charge on any atom is 0.236 e. The number of hydrogen-bond donors (Lipinski definition) is 1. The zero-order valence-corrected chi connectivity index (χ0v) is 13.5. The van der Waals surface area contributed by atoms with Crippen molar-refractivity contribution in [2.24, 2.45) is 5.73 Å². The minimum atomic E-state index is 0.216. The first kappa shape index (κ1) is 15.9. The van der Waals surface area contributed by atoms with Crippen LogP contribution in [-0.4, -0.2) is 46.9 Å². The predicted octanol–water partition coefficient (Wildman–Crippen LogP) is 1.76. The lowest BCUT2D eigenvalue weighted by Gasteiger charge is -2.24. The number of amides is 1. The van der Waals surface area contributed by atoms with Crippen LogP contribution in [0.5, 0.6) is 0 Å². The molecule has 1 aliphatic rings. The smallest absolute Gasteiger partial charge is 0.236 e. The molecule has 0 bridgehead atoms. The number of carbonyl (C=O) groups excluding carboxylic acids is 1. The highest BCUT2D eigenvalue weighted by molar-refractivity contribution is 7.80. The Labute approximate surface area is 131 Å². The first-order valence-electron chi connectivity index (χ1n) is 7.38. The van der Waals surface area contributed by atoms with Gasteiger partial charge in [-0.15, -0.1) is 0 Å². The molecule has 1 aromatic carbocycles. The molecular weight excluding hydrogens is 282 g/mol. The first-order valence-corrected chi connectivity index (χ1v) is 7.78. The van der Waals surface area contributed by atoms with E-state index in [4.69, 9.17) is 18.0 Å². The molecule has 5 heteroatoms. The molecule has 0 radical (unpaired) electrons. The van der Waals surface area contributed by atoms with Gasteiger partial charge < -0.3 is 10.6 Å². The molecule has 0 aliphatic heterocycles. The Morgan fingerprint density at radius 3 is 2.71 bits per heavy atom. The molecule has 0 aromatic heterocycles. The normalized spacial score (nSPS) is 14.2. The molecule has 1 amide bonds. The summed E-state index contributed by atoms with van der Waals surface area (Å²) in [5, 5.41) is 0. The van der Waals surface area contributed by atoms with Gasteiger partial charge in [-0.1, -0.05) is 30.4 Å². The molecule has 2 rings (SSSR count).